The lowest BCUT2D eigenvalue weighted by Crippen LogP contribution is -3.14. The molecule has 3 N–H and O–H groups in total. The van der Waals surface area contributed by atoms with Crippen LogP contribution in [-0.4, -0.2) is 38.6 Å². The summed E-state index contributed by atoms with van der Waals surface area (Å²) in [6, 6.07) is 12.3. The fourth-order valence-corrected chi connectivity index (χ4v) is 2.97. The second-order valence-electron chi connectivity index (χ2n) is 6.64. The largest absolute Gasteiger partial charge is 0.495 e. The molecule has 1 unspecified atom stereocenters. The number of carbonyl (C=O) groups is 2. The molecular weight excluding hydrogens is 378 g/mol. The van der Waals surface area contributed by atoms with E-state index in [1.54, 1.807) is 25.1 Å². The van der Waals surface area contributed by atoms with Gasteiger partial charge in [-0.1, -0.05) is 36.7 Å². The third-order valence-electron chi connectivity index (χ3n) is 4.66. The highest BCUT2D eigenvalue weighted by Gasteiger charge is 2.25. The molecule has 150 valence electrons. The Kier molecular flexibility index (Phi) is 7.84. The molecule has 0 aromatic heterocycles. The number of rotatable bonds is 8. The minimum atomic E-state index is -0.448. The van der Waals surface area contributed by atoms with Crippen molar-refractivity contribution < 1.29 is 19.2 Å². The first-order chi connectivity index (χ1) is 13.3. The van der Waals surface area contributed by atoms with E-state index in [-0.39, 0.29) is 18.4 Å². The highest BCUT2D eigenvalue weighted by Crippen LogP contribution is 2.27. The zero-order valence-electron chi connectivity index (χ0n) is 16.6. The first kappa shape index (κ1) is 21.7. The molecule has 28 heavy (non-hydrogen) atoms. The number of quaternary nitrogens is 1. The molecule has 2 aromatic carbocycles. The summed E-state index contributed by atoms with van der Waals surface area (Å²) in [5.41, 5.74) is 2.39. The van der Waals surface area contributed by atoms with Crippen LogP contribution in [0.4, 0.5) is 11.4 Å². The van der Waals surface area contributed by atoms with Crippen LogP contribution in [0.25, 0.3) is 0 Å². The average Bonchev–Trinajstić information content (AvgIpc) is 2.67. The van der Waals surface area contributed by atoms with Crippen LogP contribution in [-0.2, 0) is 16.0 Å². The summed E-state index contributed by atoms with van der Waals surface area (Å²) in [6.07, 6.45) is 0.833. The van der Waals surface area contributed by atoms with E-state index in [1.807, 2.05) is 38.2 Å². The first-order valence-corrected chi connectivity index (χ1v) is 9.58. The van der Waals surface area contributed by atoms with Crippen LogP contribution in [0.3, 0.4) is 0 Å². The van der Waals surface area contributed by atoms with Gasteiger partial charge in [0.05, 0.1) is 19.8 Å². The first-order valence-electron chi connectivity index (χ1n) is 9.20. The van der Waals surface area contributed by atoms with Gasteiger partial charge in [0.1, 0.15) is 5.75 Å². The number of anilines is 2. The van der Waals surface area contributed by atoms with E-state index in [9.17, 15) is 9.59 Å². The SMILES string of the molecule is CCc1ccccc1NC(=O)C[NH+](C)[C@H](C)C(=O)Nc1cc(Cl)ccc1OC. The molecule has 7 heteroatoms. The van der Waals surface area contributed by atoms with Crippen molar-refractivity contribution in [3.8, 4) is 5.75 Å². The number of benzene rings is 2. The van der Waals surface area contributed by atoms with Gasteiger partial charge in [-0.25, -0.2) is 0 Å². The van der Waals surface area contributed by atoms with Gasteiger partial charge in [-0.2, -0.15) is 0 Å². The Morgan fingerprint density at radius 1 is 1.14 bits per heavy atom. The Balaban J connectivity index is 1.98. The van der Waals surface area contributed by atoms with Gasteiger partial charge >= 0.3 is 0 Å². The van der Waals surface area contributed by atoms with Crippen molar-refractivity contribution in [2.45, 2.75) is 26.3 Å². The number of ether oxygens (including phenoxy) is 1. The van der Waals surface area contributed by atoms with Gasteiger partial charge in [0.25, 0.3) is 11.8 Å². The molecule has 2 amide bonds. The fourth-order valence-electron chi connectivity index (χ4n) is 2.79. The highest BCUT2D eigenvalue weighted by molar-refractivity contribution is 6.31. The van der Waals surface area contributed by atoms with Crippen LogP contribution in [0.2, 0.25) is 5.02 Å². The Morgan fingerprint density at radius 3 is 2.54 bits per heavy atom. The standard InChI is InChI=1S/C21H26ClN3O3/c1-5-15-8-6-7-9-17(15)23-20(26)13-25(3)14(2)21(27)24-18-12-16(22)10-11-19(18)28-4/h6-12,14H,5,13H2,1-4H3,(H,23,26)(H,24,27)/p+1/t14-/m1/s1. The normalized spacial score (nSPS) is 12.8. The molecule has 0 spiro atoms. The minimum absolute atomic E-state index is 0.140. The lowest BCUT2D eigenvalue weighted by Gasteiger charge is -2.21. The molecule has 0 aliphatic rings. The molecule has 2 aromatic rings. The summed E-state index contributed by atoms with van der Waals surface area (Å²) >= 11 is 6.00. The summed E-state index contributed by atoms with van der Waals surface area (Å²) < 4.78 is 5.25. The predicted octanol–water partition coefficient (Wildman–Crippen LogP) is 2.39. The maximum absolute atomic E-state index is 12.6. The van der Waals surface area contributed by atoms with E-state index in [0.717, 1.165) is 22.6 Å². The lowest BCUT2D eigenvalue weighted by atomic mass is 10.1. The Bertz CT molecular complexity index is 841. The number of carbonyl (C=O) groups excluding carboxylic acids is 2. The van der Waals surface area contributed by atoms with Gasteiger partial charge in [-0.3, -0.25) is 9.59 Å². The number of amides is 2. The van der Waals surface area contributed by atoms with Gasteiger partial charge in [0.15, 0.2) is 12.6 Å². The topological polar surface area (TPSA) is 71.9 Å². The number of para-hydroxylation sites is 1. The summed E-state index contributed by atoms with van der Waals surface area (Å²) in [4.78, 5) is 25.8. The van der Waals surface area contributed by atoms with Crippen LogP contribution in [0.1, 0.15) is 19.4 Å². The van der Waals surface area contributed by atoms with Crippen molar-refractivity contribution in [1.29, 1.82) is 0 Å². The number of aryl methyl sites for hydroxylation is 1. The molecule has 6 nitrogen and oxygen atoms in total. The average molecular weight is 405 g/mol. The number of methoxy groups -OCH3 is 1. The second-order valence-corrected chi connectivity index (χ2v) is 7.07. The minimum Gasteiger partial charge on any atom is -0.495 e. The zero-order chi connectivity index (χ0) is 20.7. The van der Waals surface area contributed by atoms with Crippen molar-refractivity contribution in [2.75, 3.05) is 31.3 Å². The van der Waals surface area contributed by atoms with Crippen molar-refractivity contribution in [3.63, 3.8) is 0 Å². The zero-order valence-corrected chi connectivity index (χ0v) is 17.4. The molecule has 0 heterocycles. The monoisotopic (exact) mass is 404 g/mol. The summed E-state index contributed by atoms with van der Waals surface area (Å²) in [7, 11) is 3.34. The molecule has 0 fully saturated rings. The highest BCUT2D eigenvalue weighted by atomic mass is 35.5. The molecule has 0 saturated heterocycles. The molecule has 0 aliphatic carbocycles. The van der Waals surface area contributed by atoms with Crippen LogP contribution in [0.15, 0.2) is 42.5 Å². The lowest BCUT2D eigenvalue weighted by molar-refractivity contribution is -0.885. The number of hydrogen-bond donors (Lipinski definition) is 3. The van der Waals surface area contributed by atoms with Gasteiger partial charge in [-0.15, -0.1) is 0 Å². The van der Waals surface area contributed by atoms with E-state index in [0.29, 0.717) is 16.5 Å². The molecular formula is C21H27ClN3O3+. The van der Waals surface area contributed by atoms with E-state index >= 15 is 0 Å². The van der Waals surface area contributed by atoms with Crippen LogP contribution >= 0.6 is 11.6 Å². The van der Waals surface area contributed by atoms with E-state index < -0.39 is 6.04 Å². The van der Waals surface area contributed by atoms with Crippen molar-refractivity contribution in [1.82, 2.24) is 0 Å². The van der Waals surface area contributed by atoms with Gasteiger partial charge in [0.2, 0.25) is 0 Å². The molecule has 0 bridgehead atoms. The summed E-state index contributed by atoms with van der Waals surface area (Å²) in [5.74, 6) is 0.162. The molecule has 2 rings (SSSR count). The summed E-state index contributed by atoms with van der Waals surface area (Å²) in [6.45, 7) is 3.98. The molecule has 0 aliphatic heterocycles. The third kappa shape index (κ3) is 5.71. The fraction of sp³-hybridized carbons (Fsp3) is 0.333. The second kappa shape index (κ2) is 10.1. The molecule has 0 saturated carbocycles. The molecule has 0 radical (unpaired) electrons. The van der Waals surface area contributed by atoms with Gasteiger partial charge in [0, 0.05) is 10.7 Å². The smallest absolute Gasteiger partial charge is 0.282 e. The van der Waals surface area contributed by atoms with Crippen molar-refractivity contribution in [2.24, 2.45) is 0 Å². The van der Waals surface area contributed by atoms with Crippen LogP contribution in [0.5, 0.6) is 5.75 Å². The summed E-state index contributed by atoms with van der Waals surface area (Å²) in [5, 5.41) is 6.25. The van der Waals surface area contributed by atoms with E-state index in [4.69, 9.17) is 16.3 Å². The van der Waals surface area contributed by atoms with Crippen LogP contribution in [0, 0.1) is 0 Å². The van der Waals surface area contributed by atoms with Gasteiger partial charge < -0.3 is 20.3 Å². The Hall–Kier alpha value is -2.57. The number of hydrogen-bond acceptors (Lipinski definition) is 3. The van der Waals surface area contributed by atoms with Crippen molar-refractivity contribution in [3.05, 3.63) is 53.1 Å². The quantitative estimate of drug-likeness (QED) is 0.632. The van der Waals surface area contributed by atoms with E-state index in [2.05, 4.69) is 10.6 Å². The number of nitrogens with one attached hydrogen (secondary N) is 3. The van der Waals surface area contributed by atoms with E-state index in [1.165, 1.54) is 7.11 Å². The maximum Gasteiger partial charge on any atom is 0.282 e. The Labute approximate surface area is 170 Å². The predicted molar refractivity (Wildman–Crippen MR) is 112 cm³/mol. The maximum atomic E-state index is 12.6. The van der Waals surface area contributed by atoms with Crippen LogP contribution < -0.4 is 20.3 Å². The molecule has 2 atom stereocenters. The Morgan fingerprint density at radius 2 is 1.86 bits per heavy atom. The number of likely N-dealkylation sites (N-methyl/N-ethyl adjacent to an activating group) is 1. The third-order valence-corrected chi connectivity index (χ3v) is 4.90. The van der Waals surface area contributed by atoms with Gasteiger partial charge in [-0.05, 0) is 43.2 Å². The van der Waals surface area contributed by atoms with Crippen molar-refractivity contribution >= 4 is 34.8 Å². The number of halogens is 1.